The minimum Gasteiger partial charge on any atom is -0.383 e. The number of aryl methyl sites for hydroxylation is 2. The van der Waals surface area contributed by atoms with Crippen LogP contribution in [0.25, 0.3) is 10.2 Å². The Balaban J connectivity index is 1.55. The van der Waals surface area contributed by atoms with Gasteiger partial charge in [-0.2, -0.15) is 0 Å². The molecule has 4 rings (SSSR count). The lowest BCUT2D eigenvalue weighted by Gasteiger charge is -2.16. The predicted molar refractivity (Wildman–Crippen MR) is 131 cm³/mol. The maximum Gasteiger partial charge on any atom is 0.325 e. The second kappa shape index (κ2) is 10.5. The predicted octanol–water partition coefficient (Wildman–Crippen LogP) is 3.81. The van der Waals surface area contributed by atoms with Crippen molar-refractivity contribution in [2.75, 3.05) is 19.0 Å². The summed E-state index contributed by atoms with van der Waals surface area (Å²) in [5.41, 5.74) is 1.63. The van der Waals surface area contributed by atoms with E-state index in [1.54, 1.807) is 54.2 Å². The minimum absolute atomic E-state index is 0.0895. The second-order valence-electron chi connectivity index (χ2n) is 7.80. The number of nitrogens with zero attached hydrogens (tertiary/aromatic N) is 2. The zero-order chi connectivity index (χ0) is 23.4. The smallest absolute Gasteiger partial charge is 0.325 e. The number of ether oxygens (including phenoxy) is 1. The average molecular weight is 487 g/mol. The van der Waals surface area contributed by atoms with Crippen molar-refractivity contribution in [2.24, 2.45) is 0 Å². The summed E-state index contributed by atoms with van der Waals surface area (Å²) in [6.45, 7) is 2.38. The molecule has 33 heavy (non-hydrogen) atoms. The van der Waals surface area contributed by atoms with Gasteiger partial charge in [0, 0.05) is 17.7 Å². The highest BCUT2D eigenvalue weighted by atomic mass is 32.2. The number of rotatable bonds is 7. The monoisotopic (exact) mass is 486 g/mol. The third-order valence-corrected chi connectivity index (χ3v) is 7.75. The van der Waals surface area contributed by atoms with Crippen molar-refractivity contribution in [3.8, 4) is 0 Å². The summed E-state index contributed by atoms with van der Waals surface area (Å²) < 4.78 is 6.79. The highest BCUT2D eigenvalue weighted by Gasteiger charge is 2.25. The number of carbonyl (C=O) groups excluding carboxylic acids is 2. The number of nitrogens with one attached hydrogen (secondary N) is 2. The van der Waals surface area contributed by atoms with E-state index in [1.807, 2.05) is 6.07 Å². The Morgan fingerprint density at radius 2 is 2.00 bits per heavy atom. The summed E-state index contributed by atoms with van der Waals surface area (Å²) in [6, 6.07) is 8.28. The highest BCUT2D eigenvalue weighted by molar-refractivity contribution is 8.00. The fourth-order valence-electron chi connectivity index (χ4n) is 3.80. The number of thioether (sulfide) groups is 1. The van der Waals surface area contributed by atoms with Gasteiger partial charge in [0.25, 0.3) is 5.56 Å². The van der Waals surface area contributed by atoms with Gasteiger partial charge in [0.1, 0.15) is 4.83 Å². The molecule has 1 unspecified atom stereocenters. The molecule has 10 heteroatoms. The summed E-state index contributed by atoms with van der Waals surface area (Å²) in [5, 5.41) is 5.50. The number of thiophene rings is 1. The molecule has 2 heterocycles. The Bertz CT molecular complexity index is 1220. The van der Waals surface area contributed by atoms with E-state index in [1.165, 1.54) is 4.88 Å². The summed E-state index contributed by atoms with van der Waals surface area (Å²) >= 11 is 2.74. The Kier molecular flexibility index (Phi) is 7.46. The molecule has 2 N–H and O–H groups in total. The number of anilines is 1. The van der Waals surface area contributed by atoms with Crippen LogP contribution >= 0.6 is 23.1 Å². The fraction of sp³-hybridized carbons (Fsp3) is 0.391. The van der Waals surface area contributed by atoms with Gasteiger partial charge in [0.2, 0.25) is 5.91 Å². The Morgan fingerprint density at radius 3 is 2.76 bits per heavy atom. The molecule has 0 saturated heterocycles. The average Bonchev–Trinajstić information content (AvgIpc) is 3.17. The lowest BCUT2D eigenvalue weighted by Crippen LogP contribution is -2.39. The molecule has 0 saturated carbocycles. The summed E-state index contributed by atoms with van der Waals surface area (Å²) in [6.07, 6.45) is 4.08. The van der Waals surface area contributed by atoms with Crippen LogP contribution in [0.2, 0.25) is 0 Å². The molecular weight excluding hydrogens is 460 g/mol. The number of urea groups is 1. The highest BCUT2D eigenvalue weighted by Crippen LogP contribution is 2.35. The Labute approximate surface area is 199 Å². The molecule has 1 aliphatic rings. The molecule has 1 aliphatic carbocycles. The molecular formula is C23H26N4O4S2. The van der Waals surface area contributed by atoms with Crippen molar-refractivity contribution in [2.45, 2.75) is 49.6 Å². The quantitative estimate of drug-likeness (QED) is 0.389. The molecule has 1 aromatic carbocycles. The first-order valence-corrected chi connectivity index (χ1v) is 12.5. The van der Waals surface area contributed by atoms with Gasteiger partial charge in [-0.05, 0) is 50.3 Å². The van der Waals surface area contributed by atoms with Crippen molar-refractivity contribution >= 4 is 50.9 Å². The zero-order valence-electron chi connectivity index (χ0n) is 18.6. The molecule has 0 bridgehead atoms. The second-order valence-corrected chi connectivity index (χ2v) is 10.2. The summed E-state index contributed by atoms with van der Waals surface area (Å²) in [7, 11) is 1.58. The number of carbonyl (C=O) groups is 2. The molecule has 2 aromatic heterocycles. The van der Waals surface area contributed by atoms with E-state index in [0.29, 0.717) is 29.4 Å². The standard InChI is InChI=1S/C23H26N4O4S2/c1-14(19(28)25-22(30)24-15-8-4-3-5-9-15)32-23-26-20-18(21(29)27(23)12-13-31-2)16-10-6-7-11-17(16)33-20/h3-5,8-9,14H,6-7,10-13H2,1-2H3,(H2,24,25,28,30). The van der Waals surface area contributed by atoms with Gasteiger partial charge in [-0.3, -0.25) is 19.5 Å². The van der Waals surface area contributed by atoms with E-state index in [2.05, 4.69) is 10.6 Å². The molecule has 0 fully saturated rings. The van der Waals surface area contributed by atoms with Crippen molar-refractivity contribution in [1.82, 2.24) is 14.9 Å². The minimum atomic E-state index is -0.640. The molecule has 8 nitrogen and oxygen atoms in total. The topological polar surface area (TPSA) is 102 Å². The van der Waals surface area contributed by atoms with Crippen LogP contribution in [0.4, 0.5) is 10.5 Å². The third-order valence-electron chi connectivity index (χ3n) is 5.48. The molecule has 174 valence electrons. The van der Waals surface area contributed by atoms with Gasteiger partial charge in [-0.15, -0.1) is 11.3 Å². The first-order valence-electron chi connectivity index (χ1n) is 10.9. The van der Waals surface area contributed by atoms with Crippen molar-refractivity contribution in [3.63, 3.8) is 0 Å². The van der Waals surface area contributed by atoms with Crippen molar-refractivity contribution in [3.05, 3.63) is 51.1 Å². The van der Waals surface area contributed by atoms with E-state index in [4.69, 9.17) is 9.72 Å². The van der Waals surface area contributed by atoms with Gasteiger partial charge in [-0.25, -0.2) is 9.78 Å². The van der Waals surface area contributed by atoms with Crippen LogP contribution in [0, 0.1) is 0 Å². The van der Waals surface area contributed by atoms with E-state index in [0.717, 1.165) is 47.8 Å². The summed E-state index contributed by atoms with van der Waals surface area (Å²) in [4.78, 5) is 45.0. The third kappa shape index (κ3) is 5.29. The number of hydrogen-bond donors (Lipinski definition) is 2. The summed E-state index contributed by atoms with van der Waals surface area (Å²) in [5.74, 6) is -0.466. The van der Waals surface area contributed by atoms with Crippen LogP contribution in [-0.4, -0.2) is 40.5 Å². The molecule has 1 atom stereocenters. The maximum absolute atomic E-state index is 13.4. The fourth-order valence-corrected chi connectivity index (χ4v) is 6.04. The number of benzene rings is 1. The van der Waals surface area contributed by atoms with Crippen LogP contribution in [0.5, 0.6) is 0 Å². The van der Waals surface area contributed by atoms with Crippen LogP contribution in [0.1, 0.15) is 30.2 Å². The number of hydrogen-bond acceptors (Lipinski definition) is 7. The number of imide groups is 1. The van der Waals surface area contributed by atoms with Crippen LogP contribution in [0.15, 0.2) is 40.3 Å². The largest absolute Gasteiger partial charge is 0.383 e. The van der Waals surface area contributed by atoms with Gasteiger partial charge in [-0.1, -0.05) is 30.0 Å². The zero-order valence-corrected chi connectivity index (χ0v) is 20.2. The number of para-hydroxylation sites is 1. The molecule has 0 radical (unpaired) electrons. The Morgan fingerprint density at radius 1 is 1.24 bits per heavy atom. The molecule has 0 spiro atoms. The first kappa shape index (κ1) is 23.5. The SMILES string of the molecule is COCCn1c(SC(C)C(=O)NC(=O)Nc2ccccc2)nc2sc3c(c2c1=O)CCCC3. The van der Waals surface area contributed by atoms with Crippen LogP contribution in [-0.2, 0) is 28.9 Å². The van der Waals surface area contributed by atoms with E-state index >= 15 is 0 Å². The first-order chi connectivity index (χ1) is 16.0. The number of aromatic nitrogens is 2. The van der Waals surface area contributed by atoms with Gasteiger partial charge in [0.05, 0.1) is 23.8 Å². The lowest BCUT2D eigenvalue weighted by molar-refractivity contribution is -0.119. The number of amides is 3. The van der Waals surface area contributed by atoms with E-state index in [9.17, 15) is 14.4 Å². The van der Waals surface area contributed by atoms with Crippen LogP contribution < -0.4 is 16.2 Å². The van der Waals surface area contributed by atoms with Crippen LogP contribution in [0.3, 0.4) is 0 Å². The normalized spacial score (nSPS) is 14.0. The van der Waals surface area contributed by atoms with Gasteiger partial charge >= 0.3 is 6.03 Å². The molecule has 3 amide bonds. The van der Waals surface area contributed by atoms with Crippen molar-refractivity contribution < 1.29 is 14.3 Å². The Hall–Kier alpha value is -2.69. The number of methoxy groups -OCH3 is 1. The van der Waals surface area contributed by atoms with Crippen molar-refractivity contribution in [1.29, 1.82) is 0 Å². The maximum atomic E-state index is 13.4. The molecule has 3 aromatic rings. The molecule has 0 aliphatic heterocycles. The van der Waals surface area contributed by atoms with E-state index < -0.39 is 17.2 Å². The lowest BCUT2D eigenvalue weighted by atomic mass is 9.97. The number of fused-ring (bicyclic) bond motifs is 3. The van der Waals surface area contributed by atoms with Gasteiger partial charge in [0.15, 0.2) is 5.16 Å². The van der Waals surface area contributed by atoms with Gasteiger partial charge < -0.3 is 10.1 Å². The van der Waals surface area contributed by atoms with E-state index in [-0.39, 0.29) is 5.56 Å².